The van der Waals surface area contributed by atoms with Crippen LogP contribution in [0.2, 0.25) is 0 Å². The second-order valence-corrected chi connectivity index (χ2v) is 10.00. The molecule has 2 aromatic rings. The molecule has 1 saturated heterocycles. The molecule has 1 fully saturated rings. The van der Waals surface area contributed by atoms with Crippen molar-refractivity contribution >= 4 is 27.3 Å². The minimum atomic E-state index is -3.41. The highest BCUT2D eigenvalue weighted by Gasteiger charge is 2.28. The molecule has 8 heteroatoms. The predicted octanol–water partition coefficient (Wildman–Crippen LogP) is 3.16. The first-order chi connectivity index (χ1) is 12.3. The molecule has 0 aliphatic carbocycles. The number of aryl methyl sites for hydroxylation is 2. The Morgan fingerprint density at radius 2 is 2.00 bits per heavy atom. The summed E-state index contributed by atoms with van der Waals surface area (Å²) in [6.07, 6.45) is 1.98. The summed E-state index contributed by atoms with van der Waals surface area (Å²) in [5, 5.41) is 2.95. The largest absolute Gasteiger partial charge is 0.466 e. The SMILES string of the molecule is Cc1cc(C(C)NC(=O)Cc2ccc(S(=O)(=O)N3CCCC3)s2)c(C)o1. The van der Waals surface area contributed by atoms with E-state index in [9.17, 15) is 13.2 Å². The molecule has 0 spiro atoms. The quantitative estimate of drug-likeness (QED) is 0.813. The number of hydrogen-bond acceptors (Lipinski definition) is 5. The van der Waals surface area contributed by atoms with Crippen molar-refractivity contribution in [3.05, 3.63) is 40.2 Å². The van der Waals surface area contributed by atoms with Crippen molar-refractivity contribution in [1.29, 1.82) is 0 Å². The normalized spacial score (nSPS) is 16.7. The van der Waals surface area contributed by atoms with E-state index >= 15 is 0 Å². The molecule has 0 aromatic carbocycles. The van der Waals surface area contributed by atoms with Crippen molar-refractivity contribution in [1.82, 2.24) is 9.62 Å². The van der Waals surface area contributed by atoms with Crippen LogP contribution in [0.1, 0.15) is 47.8 Å². The maximum atomic E-state index is 12.6. The summed E-state index contributed by atoms with van der Waals surface area (Å²) in [5.41, 5.74) is 0.958. The maximum Gasteiger partial charge on any atom is 0.252 e. The van der Waals surface area contributed by atoms with Crippen LogP contribution in [0.15, 0.2) is 26.8 Å². The number of sulfonamides is 1. The fourth-order valence-corrected chi connectivity index (χ4v) is 6.28. The van der Waals surface area contributed by atoms with Gasteiger partial charge in [-0.15, -0.1) is 11.3 Å². The molecule has 0 saturated carbocycles. The maximum absolute atomic E-state index is 12.6. The molecular weight excluding hydrogens is 372 g/mol. The van der Waals surface area contributed by atoms with Crippen molar-refractivity contribution in [2.45, 2.75) is 50.3 Å². The van der Waals surface area contributed by atoms with E-state index < -0.39 is 10.0 Å². The first-order valence-electron chi connectivity index (χ1n) is 8.72. The smallest absolute Gasteiger partial charge is 0.252 e. The molecule has 0 bridgehead atoms. The minimum absolute atomic E-state index is 0.136. The minimum Gasteiger partial charge on any atom is -0.466 e. The first kappa shape index (κ1) is 19.1. The van der Waals surface area contributed by atoms with E-state index in [1.165, 1.54) is 15.6 Å². The molecule has 0 radical (unpaired) electrons. The van der Waals surface area contributed by atoms with Crippen LogP contribution in [0.3, 0.4) is 0 Å². The van der Waals surface area contributed by atoms with Crippen LogP contribution < -0.4 is 5.32 Å². The first-order valence-corrected chi connectivity index (χ1v) is 11.0. The number of furan rings is 1. The Bertz CT molecular complexity index is 892. The molecule has 26 heavy (non-hydrogen) atoms. The number of amides is 1. The number of rotatable bonds is 6. The molecule has 1 N–H and O–H groups in total. The van der Waals surface area contributed by atoms with Gasteiger partial charge >= 0.3 is 0 Å². The van der Waals surface area contributed by atoms with Gasteiger partial charge in [0, 0.05) is 23.5 Å². The van der Waals surface area contributed by atoms with Crippen molar-refractivity contribution < 1.29 is 17.6 Å². The Labute approximate surface area is 158 Å². The van der Waals surface area contributed by atoms with E-state index in [1.807, 2.05) is 26.8 Å². The summed E-state index contributed by atoms with van der Waals surface area (Å²) in [5.74, 6) is 1.47. The van der Waals surface area contributed by atoms with Gasteiger partial charge in [-0.25, -0.2) is 8.42 Å². The predicted molar refractivity (Wildman–Crippen MR) is 101 cm³/mol. The van der Waals surface area contributed by atoms with Crippen LogP contribution in [-0.2, 0) is 21.2 Å². The Kier molecular flexibility index (Phi) is 5.55. The Balaban J connectivity index is 1.63. The van der Waals surface area contributed by atoms with Crippen LogP contribution in [0.4, 0.5) is 0 Å². The van der Waals surface area contributed by atoms with Gasteiger partial charge in [0.15, 0.2) is 0 Å². The summed E-state index contributed by atoms with van der Waals surface area (Å²) < 4.78 is 32.5. The van der Waals surface area contributed by atoms with Crippen LogP contribution in [0, 0.1) is 13.8 Å². The Morgan fingerprint density at radius 3 is 2.62 bits per heavy atom. The van der Waals surface area contributed by atoms with Gasteiger partial charge in [0.1, 0.15) is 15.7 Å². The van der Waals surface area contributed by atoms with E-state index in [-0.39, 0.29) is 18.4 Å². The number of carbonyl (C=O) groups excluding carboxylic acids is 1. The summed E-state index contributed by atoms with van der Waals surface area (Å²) in [7, 11) is -3.41. The van der Waals surface area contributed by atoms with E-state index in [0.29, 0.717) is 17.3 Å². The number of carbonyl (C=O) groups is 1. The molecule has 1 unspecified atom stereocenters. The summed E-state index contributed by atoms with van der Waals surface area (Å²) in [4.78, 5) is 13.1. The van der Waals surface area contributed by atoms with E-state index in [1.54, 1.807) is 12.1 Å². The third-order valence-electron chi connectivity index (χ3n) is 4.55. The monoisotopic (exact) mass is 396 g/mol. The highest BCUT2D eigenvalue weighted by Crippen LogP contribution is 2.28. The fourth-order valence-electron chi connectivity index (χ4n) is 3.26. The van der Waals surface area contributed by atoms with Gasteiger partial charge in [-0.3, -0.25) is 4.79 Å². The third-order valence-corrected chi connectivity index (χ3v) is 8.01. The van der Waals surface area contributed by atoms with Gasteiger partial charge in [-0.1, -0.05) is 0 Å². The average molecular weight is 397 g/mol. The van der Waals surface area contributed by atoms with Crippen LogP contribution >= 0.6 is 11.3 Å². The van der Waals surface area contributed by atoms with Gasteiger partial charge < -0.3 is 9.73 Å². The molecule has 3 rings (SSSR count). The molecule has 1 aliphatic rings. The number of thiophene rings is 1. The topological polar surface area (TPSA) is 79.6 Å². The van der Waals surface area contributed by atoms with Crippen molar-refractivity contribution in [3.63, 3.8) is 0 Å². The number of nitrogens with zero attached hydrogens (tertiary/aromatic N) is 1. The van der Waals surface area contributed by atoms with Gasteiger partial charge in [0.2, 0.25) is 5.91 Å². The fraction of sp³-hybridized carbons (Fsp3) is 0.500. The van der Waals surface area contributed by atoms with E-state index in [0.717, 1.165) is 34.8 Å². The lowest BCUT2D eigenvalue weighted by atomic mass is 10.1. The van der Waals surface area contributed by atoms with Crippen LogP contribution in [0.5, 0.6) is 0 Å². The number of nitrogens with one attached hydrogen (secondary N) is 1. The van der Waals surface area contributed by atoms with Crippen LogP contribution in [-0.4, -0.2) is 31.7 Å². The zero-order valence-electron chi connectivity index (χ0n) is 15.2. The Morgan fingerprint density at radius 1 is 1.31 bits per heavy atom. The zero-order valence-corrected chi connectivity index (χ0v) is 16.9. The van der Waals surface area contributed by atoms with Crippen molar-refractivity contribution in [2.75, 3.05) is 13.1 Å². The van der Waals surface area contributed by atoms with Gasteiger partial charge in [0.25, 0.3) is 10.0 Å². The molecule has 142 valence electrons. The second kappa shape index (κ2) is 7.54. The second-order valence-electron chi connectivity index (χ2n) is 6.67. The third kappa shape index (κ3) is 4.02. The van der Waals surface area contributed by atoms with E-state index in [2.05, 4.69) is 5.32 Å². The van der Waals surface area contributed by atoms with Crippen molar-refractivity contribution in [2.24, 2.45) is 0 Å². The van der Waals surface area contributed by atoms with Crippen molar-refractivity contribution in [3.8, 4) is 0 Å². The summed E-state index contributed by atoms with van der Waals surface area (Å²) >= 11 is 1.18. The lowest BCUT2D eigenvalue weighted by Gasteiger charge is -2.13. The molecule has 6 nitrogen and oxygen atoms in total. The summed E-state index contributed by atoms with van der Waals surface area (Å²) in [6, 6.07) is 5.10. The number of hydrogen-bond donors (Lipinski definition) is 1. The van der Waals surface area contributed by atoms with E-state index in [4.69, 9.17) is 4.42 Å². The molecule has 1 aliphatic heterocycles. The standard InChI is InChI=1S/C18H24N2O4S2/c1-12-10-16(14(3)24-12)13(2)19-17(21)11-15-6-7-18(25-15)26(22,23)20-8-4-5-9-20/h6-7,10,13H,4-5,8-9,11H2,1-3H3,(H,19,21). The Hall–Kier alpha value is -1.64. The highest BCUT2D eigenvalue weighted by molar-refractivity contribution is 7.91. The lowest BCUT2D eigenvalue weighted by Crippen LogP contribution is -2.28. The van der Waals surface area contributed by atoms with Gasteiger partial charge in [-0.2, -0.15) is 4.31 Å². The molecule has 1 atom stereocenters. The summed E-state index contributed by atoms with van der Waals surface area (Å²) in [6.45, 7) is 6.82. The van der Waals surface area contributed by atoms with Gasteiger partial charge in [-0.05, 0) is 51.8 Å². The highest BCUT2D eigenvalue weighted by atomic mass is 32.2. The zero-order chi connectivity index (χ0) is 18.9. The molecular formula is C18H24N2O4S2. The average Bonchev–Trinajstić information content (AvgIpc) is 3.28. The molecule has 1 amide bonds. The lowest BCUT2D eigenvalue weighted by molar-refractivity contribution is -0.121. The van der Waals surface area contributed by atoms with Gasteiger partial charge in [0.05, 0.1) is 12.5 Å². The van der Waals surface area contributed by atoms with Crippen LogP contribution in [0.25, 0.3) is 0 Å². The molecule has 2 aromatic heterocycles. The molecule has 3 heterocycles.